The maximum absolute atomic E-state index is 13.5. The summed E-state index contributed by atoms with van der Waals surface area (Å²) in [5.74, 6) is -0.185. The molecule has 3 aliphatic rings. The normalized spacial score (nSPS) is 27.8. The van der Waals surface area contributed by atoms with Gasteiger partial charge >= 0.3 is 12.1 Å². The first kappa shape index (κ1) is 17.4. The minimum Gasteiger partial charge on any atom is -0.481 e. The lowest BCUT2D eigenvalue weighted by Gasteiger charge is -2.42. The highest BCUT2D eigenvalue weighted by Gasteiger charge is 2.44. The van der Waals surface area contributed by atoms with Gasteiger partial charge in [-0.15, -0.1) is 0 Å². The second-order valence-electron chi connectivity index (χ2n) is 7.54. The Morgan fingerprint density at radius 3 is 2.50 bits per heavy atom. The maximum atomic E-state index is 13.5. The Bertz CT molecular complexity index is 733. The second kappa shape index (κ2) is 5.99. The van der Waals surface area contributed by atoms with Gasteiger partial charge in [0.25, 0.3) is 0 Å². The van der Waals surface area contributed by atoms with E-state index in [4.69, 9.17) is 5.11 Å². The molecule has 1 aliphatic carbocycles. The molecule has 0 amide bonds. The third-order valence-electron chi connectivity index (χ3n) is 5.81. The molecule has 6 nitrogen and oxygen atoms in total. The van der Waals surface area contributed by atoms with Gasteiger partial charge in [0.2, 0.25) is 5.95 Å². The van der Waals surface area contributed by atoms with Crippen LogP contribution in [0.25, 0.3) is 0 Å². The molecular weight excluding hydrogens is 349 g/mol. The van der Waals surface area contributed by atoms with Gasteiger partial charge in [-0.1, -0.05) is 0 Å². The van der Waals surface area contributed by atoms with Gasteiger partial charge in [0.05, 0.1) is 0 Å². The summed E-state index contributed by atoms with van der Waals surface area (Å²) in [6.07, 6.45) is -1.81. The summed E-state index contributed by atoms with van der Waals surface area (Å²) >= 11 is 0. The van der Waals surface area contributed by atoms with Crippen molar-refractivity contribution >= 4 is 17.7 Å². The average molecular weight is 370 g/mol. The number of anilines is 2. The molecule has 1 aromatic heterocycles. The number of alkyl halides is 3. The number of hydrogen-bond donors (Lipinski definition) is 1. The van der Waals surface area contributed by atoms with Crippen molar-refractivity contribution in [3.63, 3.8) is 0 Å². The van der Waals surface area contributed by atoms with Gasteiger partial charge in [0.15, 0.2) is 5.69 Å². The lowest BCUT2D eigenvalue weighted by Crippen LogP contribution is -2.47. The Morgan fingerprint density at radius 1 is 1.23 bits per heavy atom. The van der Waals surface area contributed by atoms with Crippen LogP contribution in [0.4, 0.5) is 24.9 Å². The highest BCUT2D eigenvalue weighted by Crippen LogP contribution is 2.44. The Hall–Kier alpha value is -2.06. The van der Waals surface area contributed by atoms with Crippen LogP contribution in [-0.4, -0.2) is 46.2 Å². The van der Waals surface area contributed by atoms with Crippen molar-refractivity contribution in [2.75, 3.05) is 22.9 Å². The number of carbonyl (C=O) groups is 1. The van der Waals surface area contributed by atoms with Crippen LogP contribution in [-0.2, 0) is 17.4 Å². The molecule has 0 spiro atoms. The lowest BCUT2D eigenvalue weighted by atomic mass is 9.77. The van der Waals surface area contributed by atoms with E-state index in [1.54, 1.807) is 4.90 Å². The summed E-state index contributed by atoms with van der Waals surface area (Å²) in [4.78, 5) is 22.9. The summed E-state index contributed by atoms with van der Waals surface area (Å²) in [5.41, 5.74) is -0.642. The largest absolute Gasteiger partial charge is 0.481 e. The molecule has 3 heterocycles. The number of aromatic nitrogens is 2. The fourth-order valence-electron chi connectivity index (χ4n) is 4.17. The number of rotatable bonds is 4. The second-order valence-corrected chi connectivity index (χ2v) is 7.54. The lowest BCUT2D eigenvalue weighted by molar-refractivity contribution is -0.142. The molecule has 4 rings (SSSR count). The summed E-state index contributed by atoms with van der Waals surface area (Å²) in [5, 5.41) is 8.88. The van der Waals surface area contributed by atoms with Gasteiger partial charge in [-0.05, 0) is 38.5 Å². The van der Waals surface area contributed by atoms with E-state index in [-0.39, 0.29) is 42.4 Å². The Balaban J connectivity index is 1.63. The number of hydrogen-bond acceptors (Lipinski definition) is 5. The smallest absolute Gasteiger partial charge is 0.433 e. The Kier molecular flexibility index (Phi) is 4.00. The highest BCUT2D eigenvalue weighted by atomic mass is 19.4. The Morgan fingerprint density at radius 2 is 1.96 bits per heavy atom. The standard InChI is InChI=1S/C17H21F3N4O2/c1-9-2-4-23(9)16-21-14(17(18,19)20)12-3-5-24(15(12)22-16)11-6-10(7-11)8-13(25)26/h9-11H,2-8H2,1H3,(H,25,26)/t9-,10?,11?/m0/s1. The number of nitrogens with zero attached hydrogens (tertiary/aromatic N) is 4. The van der Waals surface area contributed by atoms with E-state index in [1.807, 2.05) is 11.8 Å². The van der Waals surface area contributed by atoms with Crippen molar-refractivity contribution in [1.29, 1.82) is 0 Å². The number of fused-ring (bicyclic) bond motifs is 1. The van der Waals surface area contributed by atoms with Crippen LogP contribution in [0.15, 0.2) is 0 Å². The monoisotopic (exact) mass is 370 g/mol. The molecular formula is C17H21F3N4O2. The van der Waals surface area contributed by atoms with Crippen molar-refractivity contribution in [2.24, 2.45) is 5.92 Å². The zero-order chi connectivity index (χ0) is 18.6. The van der Waals surface area contributed by atoms with Crippen molar-refractivity contribution in [3.8, 4) is 0 Å². The van der Waals surface area contributed by atoms with E-state index in [1.165, 1.54) is 0 Å². The SMILES string of the molecule is C[C@H]1CCN1c1nc2c(c(C(F)(F)F)n1)CCN2C1CC(CC(=O)O)C1. The van der Waals surface area contributed by atoms with E-state index >= 15 is 0 Å². The molecule has 0 radical (unpaired) electrons. The van der Waals surface area contributed by atoms with Crippen LogP contribution < -0.4 is 9.80 Å². The van der Waals surface area contributed by atoms with Crippen LogP contribution in [0.3, 0.4) is 0 Å². The summed E-state index contributed by atoms with van der Waals surface area (Å²) < 4.78 is 40.6. The number of halogens is 3. The molecule has 0 aromatic carbocycles. The summed E-state index contributed by atoms with van der Waals surface area (Å²) in [6.45, 7) is 3.10. The van der Waals surface area contributed by atoms with Crippen LogP contribution >= 0.6 is 0 Å². The van der Waals surface area contributed by atoms with Gasteiger partial charge in [0.1, 0.15) is 5.82 Å². The average Bonchev–Trinajstić information content (AvgIpc) is 2.90. The van der Waals surface area contributed by atoms with E-state index in [2.05, 4.69) is 9.97 Å². The van der Waals surface area contributed by atoms with Crippen molar-refractivity contribution < 1.29 is 23.1 Å². The van der Waals surface area contributed by atoms with E-state index in [9.17, 15) is 18.0 Å². The van der Waals surface area contributed by atoms with Crippen LogP contribution in [0.5, 0.6) is 0 Å². The summed E-state index contributed by atoms with van der Waals surface area (Å²) in [7, 11) is 0. The first-order valence-electron chi connectivity index (χ1n) is 8.97. The van der Waals surface area contributed by atoms with Gasteiger partial charge in [0, 0.05) is 37.2 Å². The zero-order valence-corrected chi connectivity index (χ0v) is 14.5. The van der Waals surface area contributed by atoms with Crippen LogP contribution in [0.1, 0.15) is 43.9 Å². The molecule has 1 saturated carbocycles. The third-order valence-corrected chi connectivity index (χ3v) is 5.81. The fraction of sp³-hybridized carbons (Fsp3) is 0.706. The topological polar surface area (TPSA) is 69.6 Å². The predicted molar refractivity (Wildman–Crippen MR) is 88.3 cm³/mol. The van der Waals surface area contributed by atoms with Crippen molar-refractivity contribution in [2.45, 2.75) is 57.3 Å². The van der Waals surface area contributed by atoms with Gasteiger partial charge < -0.3 is 14.9 Å². The van der Waals surface area contributed by atoms with Crippen molar-refractivity contribution in [1.82, 2.24) is 9.97 Å². The minimum absolute atomic E-state index is 0.0678. The quantitative estimate of drug-likeness (QED) is 0.879. The maximum Gasteiger partial charge on any atom is 0.433 e. The third kappa shape index (κ3) is 2.87. The zero-order valence-electron chi connectivity index (χ0n) is 14.5. The van der Waals surface area contributed by atoms with Gasteiger partial charge in [-0.2, -0.15) is 18.2 Å². The Labute approximate surface area is 149 Å². The van der Waals surface area contributed by atoms with Gasteiger partial charge in [-0.25, -0.2) is 4.98 Å². The molecule has 26 heavy (non-hydrogen) atoms. The predicted octanol–water partition coefficient (Wildman–Crippen LogP) is 2.71. The van der Waals surface area contributed by atoms with Crippen molar-refractivity contribution in [3.05, 3.63) is 11.3 Å². The highest BCUT2D eigenvalue weighted by molar-refractivity contribution is 5.67. The summed E-state index contributed by atoms with van der Waals surface area (Å²) in [6, 6.07) is 0.214. The molecule has 2 aliphatic heterocycles. The van der Waals surface area contributed by atoms with E-state index < -0.39 is 17.8 Å². The van der Waals surface area contributed by atoms with E-state index in [0.717, 1.165) is 6.42 Å². The number of carboxylic acids is 1. The molecule has 9 heteroatoms. The van der Waals surface area contributed by atoms with Crippen LogP contribution in [0.2, 0.25) is 0 Å². The first-order valence-corrected chi connectivity index (χ1v) is 8.97. The molecule has 1 saturated heterocycles. The van der Waals surface area contributed by atoms with E-state index in [0.29, 0.717) is 31.7 Å². The van der Waals surface area contributed by atoms with Gasteiger partial charge in [-0.3, -0.25) is 4.79 Å². The molecule has 1 atom stereocenters. The first-order chi connectivity index (χ1) is 12.2. The molecule has 0 unspecified atom stereocenters. The molecule has 1 N–H and O–H groups in total. The molecule has 2 fully saturated rings. The molecule has 0 bridgehead atoms. The molecule has 1 aromatic rings. The number of carboxylic acid groups (broad SMARTS) is 1. The molecule has 142 valence electrons. The number of aliphatic carboxylic acids is 1. The minimum atomic E-state index is -4.50. The van der Waals surface area contributed by atoms with Crippen LogP contribution in [0, 0.1) is 5.92 Å². The fourth-order valence-corrected chi connectivity index (χ4v) is 4.17.